The molecule has 0 aromatic heterocycles. The lowest BCUT2D eigenvalue weighted by molar-refractivity contribution is 0.0529. The molecule has 0 heterocycles. The molecule has 1 rings (SSSR count). The highest BCUT2D eigenvalue weighted by atomic mass is 35.5. The van der Waals surface area contributed by atoms with E-state index in [1.54, 1.807) is 39.0 Å². The quantitative estimate of drug-likeness (QED) is 0.523. The summed E-state index contributed by atoms with van der Waals surface area (Å²) in [5.41, 5.74) is 0.662. The largest absolute Gasteiger partial charge is 0.444 e. The van der Waals surface area contributed by atoms with Gasteiger partial charge in [-0.2, -0.15) is 0 Å². The zero-order valence-electron chi connectivity index (χ0n) is 13.2. The molecule has 0 radical (unpaired) electrons. The highest BCUT2D eigenvalue weighted by Gasteiger charge is 2.15. The number of nitrogens with one attached hydrogen (secondary N) is 1. The lowest BCUT2D eigenvalue weighted by Gasteiger charge is -2.19. The maximum absolute atomic E-state index is 11.4. The van der Waals surface area contributed by atoms with Crippen molar-refractivity contribution < 1.29 is 14.3 Å². The first kappa shape index (κ1) is 18.1. The predicted molar refractivity (Wildman–Crippen MR) is 87.2 cm³/mol. The second-order valence-electron chi connectivity index (χ2n) is 5.73. The average molecular weight is 322 g/mol. The Labute approximate surface area is 136 Å². The van der Waals surface area contributed by atoms with Crippen molar-refractivity contribution in [3.05, 3.63) is 34.3 Å². The first-order valence-electron chi connectivity index (χ1n) is 6.95. The van der Waals surface area contributed by atoms with Crippen LogP contribution >= 0.6 is 11.6 Å². The van der Waals surface area contributed by atoms with E-state index in [9.17, 15) is 9.59 Å². The van der Waals surface area contributed by atoms with Crippen molar-refractivity contribution in [1.82, 2.24) is 5.32 Å². The first-order valence-corrected chi connectivity index (χ1v) is 7.33. The molecule has 4 nitrogen and oxygen atoms in total. The van der Waals surface area contributed by atoms with Crippen molar-refractivity contribution in [3.8, 4) is 11.8 Å². The molecule has 1 N–H and O–H groups in total. The van der Waals surface area contributed by atoms with Crippen LogP contribution in [0.5, 0.6) is 0 Å². The van der Waals surface area contributed by atoms with Crippen LogP contribution in [0, 0.1) is 11.8 Å². The van der Waals surface area contributed by atoms with Crippen molar-refractivity contribution >= 4 is 23.5 Å². The third kappa shape index (κ3) is 6.64. The van der Waals surface area contributed by atoms with Crippen molar-refractivity contribution in [1.29, 1.82) is 0 Å². The normalized spacial score (nSPS) is 10.4. The molecule has 0 bridgehead atoms. The summed E-state index contributed by atoms with van der Waals surface area (Å²) in [6.45, 7) is 7.27. The first-order chi connectivity index (χ1) is 10.2. The molecule has 0 spiro atoms. The molecule has 1 aromatic carbocycles. The summed E-state index contributed by atoms with van der Waals surface area (Å²) in [5.74, 6) is 5.77. The second-order valence-corrected chi connectivity index (χ2v) is 6.14. The lowest BCUT2D eigenvalue weighted by Crippen LogP contribution is -2.32. The second kappa shape index (κ2) is 7.86. The molecule has 0 atom stereocenters. The number of rotatable bonds is 3. The molecule has 0 saturated carbocycles. The van der Waals surface area contributed by atoms with Crippen LogP contribution in [0.25, 0.3) is 0 Å². The van der Waals surface area contributed by atoms with Gasteiger partial charge in [0.15, 0.2) is 5.78 Å². The smallest absolute Gasteiger partial charge is 0.407 e. The van der Waals surface area contributed by atoms with Gasteiger partial charge in [0.2, 0.25) is 0 Å². The van der Waals surface area contributed by atoms with Gasteiger partial charge in [0.05, 0.1) is 5.02 Å². The van der Waals surface area contributed by atoms with Gasteiger partial charge in [-0.05, 0) is 45.9 Å². The van der Waals surface area contributed by atoms with E-state index in [4.69, 9.17) is 16.3 Å². The fourth-order valence-corrected chi connectivity index (χ4v) is 1.83. The summed E-state index contributed by atoms with van der Waals surface area (Å²) in [5, 5.41) is 3.05. The number of carbonyl (C=O) groups excluding carboxylic acids is 2. The zero-order valence-corrected chi connectivity index (χ0v) is 14.0. The number of alkyl carbamates (subject to hydrolysis) is 1. The number of hydrogen-bond donors (Lipinski definition) is 1. The van der Waals surface area contributed by atoms with Crippen molar-refractivity contribution in [2.45, 2.75) is 39.7 Å². The Morgan fingerprint density at radius 3 is 2.59 bits per heavy atom. The molecular weight excluding hydrogens is 302 g/mol. The van der Waals surface area contributed by atoms with Gasteiger partial charge in [0, 0.05) is 24.1 Å². The van der Waals surface area contributed by atoms with Gasteiger partial charge in [-0.1, -0.05) is 23.4 Å². The molecule has 1 aromatic rings. The van der Waals surface area contributed by atoms with Gasteiger partial charge in [-0.15, -0.1) is 0 Å². The van der Waals surface area contributed by atoms with Crippen LogP contribution in [0.1, 0.15) is 50.0 Å². The van der Waals surface area contributed by atoms with Gasteiger partial charge >= 0.3 is 6.09 Å². The Bertz CT molecular complexity index is 621. The number of amides is 1. The number of benzene rings is 1. The van der Waals surface area contributed by atoms with E-state index >= 15 is 0 Å². The molecule has 0 aliphatic carbocycles. The molecule has 5 heteroatoms. The minimum atomic E-state index is -0.512. The molecule has 118 valence electrons. The third-order valence-electron chi connectivity index (χ3n) is 2.50. The molecule has 0 unspecified atom stereocenters. The number of Topliss-reactive ketones (excluding diaryl/α,β-unsaturated/α-hetero) is 1. The SMILES string of the molecule is CC(=O)c1cc(C#CCCNC(=O)OC(C)(C)C)ccc1Cl. The average Bonchev–Trinajstić information content (AvgIpc) is 2.37. The summed E-state index contributed by atoms with van der Waals surface area (Å²) in [4.78, 5) is 22.8. The molecule has 0 aliphatic heterocycles. The van der Waals surface area contributed by atoms with Gasteiger partial charge in [-0.3, -0.25) is 4.79 Å². The van der Waals surface area contributed by atoms with Crippen LogP contribution < -0.4 is 5.32 Å². The van der Waals surface area contributed by atoms with E-state index < -0.39 is 11.7 Å². The Hall–Kier alpha value is -1.99. The summed E-state index contributed by atoms with van der Waals surface area (Å²) < 4.78 is 5.11. The highest BCUT2D eigenvalue weighted by Crippen LogP contribution is 2.17. The number of carbonyl (C=O) groups is 2. The molecule has 1 amide bonds. The van der Waals surface area contributed by atoms with Gasteiger partial charge in [0.25, 0.3) is 0 Å². The highest BCUT2D eigenvalue weighted by molar-refractivity contribution is 6.33. The molecular formula is C17H20ClNO3. The monoisotopic (exact) mass is 321 g/mol. The molecule has 22 heavy (non-hydrogen) atoms. The van der Waals surface area contributed by atoms with Crippen LogP contribution in [-0.2, 0) is 4.74 Å². The van der Waals surface area contributed by atoms with Gasteiger partial charge in [-0.25, -0.2) is 4.79 Å². The topological polar surface area (TPSA) is 55.4 Å². The summed E-state index contributed by atoms with van der Waals surface area (Å²) in [6.07, 6.45) is 0.0248. The van der Waals surface area contributed by atoms with E-state index in [0.717, 1.165) is 0 Å². The van der Waals surface area contributed by atoms with E-state index in [2.05, 4.69) is 17.2 Å². The maximum atomic E-state index is 11.4. The van der Waals surface area contributed by atoms with Crippen molar-refractivity contribution in [3.63, 3.8) is 0 Å². The van der Waals surface area contributed by atoms with Crippen LogP contribution in [-0.4, -0.2) is 24.0 Å². The predicted octanol–water partition coefficient (Wildman–Crippen LogP) is 3.81. The number of ketones is 1. The third-order valence-corrected chi connectivity index (χ3v) is 2.83. The maximum Gasteiger partial charge on any atom is 0.407 e. The van der Waals surface area contributed by atoms with Crippen LogP contribution in [0.3, 0.4) is 0 Å². The van der Waals surface area contributed by atoms with Gasteiger partial charge < -0.3 is 10.1 Å². The Morgan fingerprint density at radius 1 is 1.32 bits per heavy atom. The minimum absolute atomic E-state index is 0.0970. The van der Waals surface area contributed by atoms with Crippen LogP contribution in [0.15, 0.2) is 18.2 Å². The summed E-state index contributed by atoms with van der Waals surface area (Å²) in [6, 6.07) is 5.07. The fourth-order valence-electron chi connectivity index (χ4n) is 1.58. The van der Waals surface area contributed by atoms with E-state index in [1.165, 1.54) is 6.92 Å². The van der Waals surface area contributed by atoms with Crippen molar-refractivity contribution in [2.75, 3.05) is 6.54 Å². The minimum Gasteiger partial charge on any atom is -0.444 e. The van der Waals surface area contributed by atoms with E-state index in [1.807, 2.05) is 0 Å². The van der Waals surface area contributed by atoms with E-state index in [0.29, 0.717) is 29.1 Å². The van der Waals surface area contributed by atoms with E-state index in [-0.39, 0.29) is 5.78 Å². The number of ether oxygens (including phenoxy) is 1. The summed E-state index contributed by atoms with van der Waals surface area (Å²) in [7, 11) is 0. The van der Waals surface area contributed by atoms with Crippen LogP contribution in [0.2, 0.25) is 5.02 Å². The lowest BCUT2D eigenvalue weighted by atomic mass is 10.1. The van der Waals surface area contributed by atoms with Gasteiger partial charge in [0.1, 0.15) is 5.60 Å². The Balaban J connectivity index is 2.50. The zero-order chi connectivity index (χ0) is 16.8. The Kier molecular flexibility index (Phi) is 6.45. The summed E-state index contributed by atoms with van der Waals surface area (Å²) >= 11 is 5.93. The molecule has 0 saturated heterocycles. The number of hydrogen-bond acceptors (Lipinski definition) is 3. The van der Waals surface area contributed by atoms with Crippen LogP contribution in [0.4, 0.5) is 4.79 Å². The molecule has 0 fully saturated rings. The Morgan fingerprint density at radius 2 is 2.00 bits per heavy atom. The molecule has 0 aliphatic rings. The van der Waals surface area contributed by atoms with Crippen molar-refractivity contribution in [2.24, 2.45) is 0 Å². The fraction of sp³-hybridized carbons (Fsp3) is 0.412. The standard InChI is InChI=1S/C17H20ClNO3/c1-12(20)14-11-13(8-9-15(14)18)7-5-6-10-19-16(21)22-17(2,3)4/h8-9,11H,6,10H2,1-4H3,(H,19,21). The number of halogens is 1.